The third kappa shape index (κ3) is 1.55. The molecule has 3 nitrogen and oxygen atoms in total. The summed E-state index contributed by atoms with van der Waals surface area (Å²) in [4.78, 5) is 15.2. The first-order valence-electron chi connectivity index (χ1n) is 3.79. The lowest BCUT2D eigenvalue weighted by molar-refractivity contribution is -0.140. The maximum absolute atomic E-state index is 10.8. The molecule has 1 aromatic carbocycles. The molecule has 0 unspecified atom stereocenters. The molecule has 1 heterocycles. The lowest BCUT2D eigenvalue weighted by atomic mass is 10.1. The number of hydrogen-bond donors (Lipinski definition) is 0. The molecule has 0 radical (unpaired) electrons. The van der Waals surface area contributed by atoms with Crippen LogP contribution < -0.4 is 0 Å². The Hall–Kier alpha value is -1.35. The predicted molar refractivity (Wildman–Crippen MR) is 48.7 cm³/mol. The average molecular weight is 196 g/mol. The van der Waals surface area contributed by atoms with Crippen molar-refractivity contribution in [3.05, 3.63) is 34.9 Å². The molecule has 0 atom stereocenters. The zero-order chi connectivity index (χ0) is 9.26. The van der Waals surface area contributed by atoms with Crippen LogP contribution in [-0.4, -0.2) is 11.7 Å². The summed E-state index contributed by atoms with van der Waals surface area (Å²) >= 11 is 5.90. The first-order valence-corrected chi connectivity index (χ1v) is 4.17. The molecule has 1 aliphatic heterocycles. The molecule has 13 heavy (non-hydrogen) atoms. The van der Waals surface area contributed by atoms with Gasteiger partial charge in [0.15, 0.2) is 0 Å². The van der Waals surface area contributed by atoms with Gasteiger partial charge in [0.1, 0.15) is 5.71 Å². The second kappa shape index (κ2) is 3.18. The highest BCUT2D eigenvalue weighted by atomic mass is 35.5. The lowest BCUT2D eigenvalue weighted by Gasteiger charge is -1.98. The summed E-state index contributed by atoms with van der Waals surface area (Å²) in [6.45, 7) is 0. The van der Waals surface area contributed by atoms with E-state index in [9.17, 15) is 4.79 Å². The fraction of sp³-hybridized carbons (Fsp3) is 0.111. The molecule has 0 bridgehead atoms. The van der Waals surface area contributed by atoms with E-state index in [0.717, 1.165) is 5.56 Å². The van der Waals surface area contributed by atoms with Gasteiger partial charge in [0.25, 0.3) is 0 Å². The van der Waals surface area contributed by atoms with E-state index < -0.39 is 0 Å². The molecule has 0 saturated heterocycles. The molecule has 0 aliphatic carbocycles. The molecule has 4 heteroatoms. The van der Waals surface area contributed by atoms with E-state index in [1.165, 1.54) is 0 Å². The molecular weight excluding hydrogens is 190 g/mol. The monoisotopic (exact) mass is 195 g/mol. The molecule has 0 aromatic heterocycles. The van der Waals surface area contributed by atoms with Crippen LogP contribution in [0.5, 0.6) is 0 Å². The smallest absolute Gasteiger partial charge is 0.318 e. The highest BCUT2D eigenvalue weighted by molar-refractivity contribution is 6.34. The van der Waals surface area contributed by atoms with Crippen molar-refractivity contribution in [1.82, 2.24) is 0 Å². The van der Waals surface area contributed by atoms with Crippen molar-refractivity contribution in [2.45, 2.75) is 6.42 Å². The van der Waals surface area contributed by atoms with E-state index in [2.05, 4.69) is 9.99 Å². The van der Waals surface area contributed by atoms with Crippen LogP contribution >= 0.6 is 11.6 Å². The van der Waals surface area contributed by atoms with Crippen molar-refractivity contribution in [3.8, 4) is 0 Å². The number of oxime groups is 1. The highest BCUT2D eigenvalue weighted by Crippen LogP contribution is 2.20. The van der Waals surface area contributed by atoms with Crippen LogP contribution in [0, 0.1) is 0 Å². The Morgan fingerprint density at radius 1 is 1.38 bits per heavy atom. The minimum atomic E-state index is -0.338. The van der Waals surface area contributed by atoms with E-state index in [-0.39, 0.29) is 12.4 Å². The first kappa shape index (κ1) is 8.26. The maximum atomic E-state index is 10.8. The fourth-order valence-corrected chi connectivity index (χ4v) is 1.39. The molecular formula is C9H6ClNO2. The number of carbonyl (C=O) groups is 1. The van der Waals surface area contributed by atoms with Crippen LogP contribution in [0.2, 0.25) is 5.02 Å². The summed E-state index contributed by atoms with van der Waals surface area (Å²) in [6, 6.07) is 7.22. The van der Waals surface area contributed by atoms with Gasteiger partial charge in [0.05, 0.1) is 6.42 Å². The molecule has 0 amide bonds. The van der Waals surface area contributed by atoms with E-state index in [4.69, 9.17) is 11.6 Å². The maximum Gasteiger partial charge on any atom is 0.341 e. The van der Waals surface area contributed by atoms with Gasteiger partial charge in [-0.2, -0.15) is 0 Å². The Morgan fingerprint density at radius 2 is 2.15 bits per heavy atom. The van der Waals surface area contributed by atoms with Crippen LogP contribution in [0.3, 0.4) is 0 Å². The highest BCUT2D eigenvalue weighted by Gasteiger charge is 2.20. The average Bonchev–Trinajstić information content (AvgIpc) is 2.53. The Morgan fingerprint density at radius 3 is 2.77 bits per heavy atom. The largest absolute Gasteiger partial charge is 0.341 e. The normalized spacial score (nSPS) is 15.5. The van der Waals surface area contributed by atoms with Crippen molar-refractivity contribution in [1.29, 1.82) is 0 Å². The van der Waals surface area contributed by atoms with Gasteiger partial charge in [-0.25, -0.2) is 4.79 Å². The van der Waals surface area contributed by atoms with Crippen molar-refractivity contribution in [3.63, 3.8) is 0 Å². The van der Waals surface area contributed by atoms with Crippen LogP contribution in [0.15, 0.2) is 29.4 Å². The summed E-state index contributed by atoms with van der Waals surface area (Å²) in [5, 5.41) is 4.21. The van der Waals surface area contributed by atoms with Crippen molar-refractivity contribution >= 4 is 23.3 Å². The summed E-state index contributed by atoms with van der Waals surface area (Å²) in [6.07, 6.45) is 0.198. The molecule has 66 valence electrons. The minimum Gasteiger partial charge on any atom is -0.318 e. The second-order valence-corrected chi connectivity index (χ2v) is 3.07. The van der Waals surface area contributed by atoms with Crippen LogP contribution in [0.1, 0.15) is 12.0 Å². The van der Waals surface area contributed by atoms with E-state index in [1.807, 2.05) is 18.2 Å². The SMILES string of the molecule is O=C1CC(c2ccccc2Cl)=NO1. The fourth-order valence-electron chi connectivity index (χ4n) is 1.15. The topological polar surface area (TPSA) is 38.7 Å². The molecule has 0 fully saturated rings. The van der Waals surface area contributed by atoms with Gasteiger partial charge in [-0.15, -0.1) is 0 Å². The van der Waals surface area contributed by atoms with Gasteiger partial charge in [0.2, 0.25) is 0 Å². The minimum absolute atomic E-state index is 0.198. The number of hydrogen-bond acceptors (Lipinski definition) is 3. The molecule has 2 rings (SSSR count). The second-order valence-electron chi connectivity index (χ2n) is 2.66. The summed E-state index contributed by atoms with van der Waals surface area (Å²) in [7, 11) is 0. The van der Waals surface area contributed by atoms with Crippen LogP contribution in [-0.2, 0) is 9.63 Å². The zero-order valence-corrected chi connectivity index (χ0v) is 7.41. The number of carbonyl (C=O) groups excluding carboxylic acids is 1. The summed E-state index contributed by atoms with van der Waals surface area (Å²) in [5.41, 5.74) is 1.35. The third-order valence-corrected chi connectivity index (χ3v) is 2.08. The molecule has 0 spiro atoms. The number of rotatable bonds is 1. The van der Waals surface area contributed by atoms with Crippen molar-refractivity contribution in [2.24, 2.45) is 5.16 Å². The number of benzene rings is 1. The summed E-state index contributed by atoms with van der Waals surface area (Å²) < 4.78 is 0. The van der Waals surface area contributed by atoms with Gasteiger partial charge < -0.3 is 4.84 Å². The van der Waals surface area contributed by atoms with Crippen molar-refractivity contribution < 1.29 is 9.63 Å². The van der Waals surface area contributed by atoms with Gasteiger partial charge >= 0.3 is 5.97 Å². The van der Waals surface area contributed by atoms with Crippen molar-refractivity contribution in [2.75, 3.05) is 0 Å². The molecule has 0 N–H and O–H groups in total. The molecule has 1 aliphatic rings. The van der Waals surface area contributed by atoms with E-state index in [0.29, 0.717) is 10.7 Å². The summed E-state index contributed by atoms with van der Waals surface area (Å²) in [5.74, 6) is -0.338. The van der Waals surface area contributed by atoms with Gasteiger partial charge in [-0.3, -0.25) is 0 Å². The lowest BCUT2D eigenvalue weighted by Crippen LogP contribution is -2.00. The van der Waals surface area contributed by atoms with E-state index >= 15 is 0 Å². The third-order valence-electron chi connectivity index (χ3n) is 1.75. The van der Waals surface area contributed by atoms with Gasteiger partial charge in [-0.1, -0.05) is 35.0 Å². The standard InChI is InChI=1S/C9H6ClNO2/c10-7-4-2-1-3-6(7)8-5-9(12)13-11-8/h1-4H,5H2. The van der Waals surface area contributed by atoms with E-state index in [1.54, 1.807) is 6.07 Å². The number of halogens is 1. The molecule has 1 aromatic rings. The van der Waals surface area contributed by atoms with Crippen LogP contribution in [0.4, 0.5) is 0 Å². The Labute approximate surface area is 79.9 Å². The zero-order valence-electron chi connectivity index (χ0n) is 6.66. The Kier molecular flexibility index (Phi) is 2.02. The number of nitrogens with zero attached hydrogens (tertiary/aromatic N) is 1. The Bertz CT molecular complexity index is 387. The quantitative estimate of drug-likeness (QED) is 0.643. The first-order chi connectivity index (χ1) is 6.27. The molecule has 0 saturated carbocycles. The van der Waals surface area contributed by atoms with Gasteiger partial charge in [0, 0.05) is 10.6 Å². The van der Waals surface area contributed by atoms with Gasteiger partial charge in [-0.05, 0) is 6.07 Å². The van der Waals surface area contributed by atoms with Crippen LogP contribution in [0.25, 0.3) is 0 Å². The predicted octanol–water partition coefficient (Wildman–Crippen LogP) is 1.99. The Balaban J connectivity index is 2.37.